The van der Waals surface area contributed by atoms with E-state index in [1.54, 1.807) is 6.92 Å². The number of benzene rings is 1. The van der Waals surface area contributed by atoms with Crippen LogP contribution in [0.15, 0.2) is 28.7 Å². The lowest BCUT2D eigenvalue weighted by molar-refractivity contribution is -0.121. The molecule has 3 amide bonds. The minimum absolute atomic E-state index is 0.00272. The second-order valence-electron chi connectivity index (χ2n) is 4.23. The van der Waals surface area contributed by atoms with E-state index >= 15 is 0 Å². The molecular formula is C13H18BrN3O2. The second-order valence-corrected chi connectivity index (χ2v) is 5.15. The number of urea groups is 1. The molecule has 0 aliphatic heterocycles. The fraction of sp³-hybridized carbons (Fsp3) is 0.385. The Labute approximate surface area is 121 Å². The summed E-state index contributed by atoms with van der Waals surface area (Å²) in [7, 11) is 1.46. The molecule has 2 unspecified atom stereocenters. The third-order valence-electron chi connectivity index (χ3n) is 2.71. The summed E-state index contributed by atoms with van der Waals surface area (Å²) < 4.78 is 0.987. The van der Waals surface area contributed by atoms with Crippen LogP contribution in [0.4, 0.5) is 4.79 Å². The highest BCUT2D eigenvalue weighted by molar-refractivity contribution is 9.10. The molecule has 104 valence electrons. The van der Waals surface area contributed by atoms with Crippen LogP contribution < -0.4 is 16.0 Å². The molecule has 5 nitrogen and oxygen atoms in total. The lowest BCUT2D eigenvalue weighted by atomic mass is 10.1. The fourth-order valence-electron chi connectivity index (χ4n) is 1.61. The summed E-state index contributed by atoms with van der Waals surface area (Å²) in [5.74, 6) is -0.360. The van der Waals surface area contributed by atoms with Crippen molar-refractivity contribution in [3.63, 3.8) is 0 Å². The summed E-state index contributed by atoms with van der Waals surface area (Å²) in [6.07, 6.45) is 0. The largest absolute Gasteiger partial charge is 0.341 e. The molecule has 19 heavy (non-hydrogen) atoms. The number of hydrogen-bond donors (Lipinski definition) is 3. The Kier molecular flexibility index (Phi) is 5.98. The Hall–Kier alpha value is -1.40. The molecular weight excluding hydrogens is 310 g/mol. The summed E-state index contributed by atoms with van der Waals surface area (Å²) in [6, 6.07) is 6.88. The van der Waals surface area contributed by atoms with Gasteiger partial charge in [0.1, 0.15) is 0 Å². The normalized spacial score (nSPS) is 13.5. The monoisotopic (exact) mass is 327 g/mol. The van der Waals surface area contributed by atoms with Crippen molar-refractivity contribution in [2.75, 3.05) is 7.05 Å². The third kappa shape index (κ3) is 5.00. The van der Waals surface area contributed by atoms with E-state index in [0.717, 1.165) is 10.0 Å². The van der Waals surface area contributed by atoms with Crippen LogP contribution in [0.3, 0.4) is 0 Å². The Morgan fingerprint density at radius 3 is 2.53 bits per heavy atom. The van der Waals surface area contributed by atoms with Crippen LogP contribution in [-0.4, -0.2) is 25.0 Å². The highest BCUT2D eigenvalue weighted by Crippen LogP contribution is 2.18. The van der Waals surface area contributed by atoms with Crippen LogP contribution in [0.1, 0.15) is 25.5 Å². The Morgan fingerprint density at radius 2 is 1.95 bits per heavy atom. The number of nitrogens with one attached hydrogen (secondary N) is 3. The maximum atomic E-state index is 11.7. The lowest BCUT2D eigenvalue weighted by Crippen LogP contribution is -2.47. The van der Waals surface area contributed by atoms with Gasteiger partial charge in [-0.3, -0.25) is 15.4 Å². The molecule has 0 heterocycles. The molecule has 6 heteroatoms. The van der Waals surface area contributed by atoms with Gasteiger partial charge in [0.15, 0.2) is 0 Å². The number of halogens is 1. The fourth-order valence-corrected chi connectivity index (χ4v) is 2.02. The number of hydrogen-bond acceptors (Lipinski definition) is 3. The van der Waals surface area contributed by atoms with Gasteiger partial charge in [-0.1, -0.05) is 28.1 Å². The zero-order valence-corrected chi connectivity index (χ0v) is 12.7. The highest BCUT2D eigenvalue weighted by Gasteiger charge is 2.17. The van der Waals surface area contributed by atoms with Crippen molar-refractivity contribution in [1.82, 2.24) is 16.0 Å². The van der Waals surface area contributed by atoms with E-state index in [4.69, 9.17) is 0 Å². The number of amides is 3. The van der Waals surface area contributed by atoms with Gasteiger partial charge in [0, 0.05) is 17.6 Å². The van der Waals surface area contributed by atoms with Crippen molar-refractivity contribution < 1.29 is 9.59 Å². The highest BCUT2D eigenvalue weighted by atomic mass is 79.9. The van der Waals surface area contributed by atoms with Gasteiger partial charge >= 0.3 is 6.03 Å². The quantitative estimate of drug-likeness (QED) is 0.791. The minimum atomic E-state index is -0.506. The van der Waals surface area contributed by atoms with Gasteiger partial charge in [0.25, 0.3) is 0 Å². The maximum Gasteiger partial charge on any atom is 0.321 e. The number of rotatable bonds is 4. The van der Waals surface area contributed by atoms with E-state index in [0.29, 0.717) is 0 Å². The molecule has 0 aromatic heterocycles. The molecule has 0 saturated carbocycles. The van der Waals surface area contributed by atoms with E-state index in [1.165, 1.54) is 7.05 Å². The predicted octanol–water partition coefficient (Wildman–Crippen LogP) is 1.94. The van der Waals surface area contributed by atoms with Gasteiger partial charge < -0.3 is 5.32 Å². The molecule has 1 rings (SSSR count). The standard InChI is InChI=1S/C13H18BrN3O2/c1-8(10-5-4-6-11(14)7-10)16-9(2)12(18)17-13(19)15-3/h4-9,16H,1-3H3,(H2,15,17,18,19). The van der Waals surface area contributed by atoms with Crippen LogP contribution in [0.2, 0.25) is 0 Å². The van der Waals surface area contributed by atoms with E-state index in [1.807, 2.05) is 31.2 Å². The summed E-state index contributed by atoms with van der Waals surface area (Å²) >= 11 is 3.41. The van der Waals surface area contributed by atoms with Gasteiger partial charge in [0.2, 0.25) is 5.91 Å². The Bertz CT molecular complexity index is 465. The zero-order chi connectivity index (χ0) is 14.4. The van der Waals surface area contributed by atoms with Crippen LogP contribution >= 0.6 is 15.9 Å². The summed E-state index contributed by atoms with van der Waals surface area (Å²) in [4.78, 5) is 22.8. The molecule has 0 aliphatic rings. The van der Waals surface area contributed by atoms with Crippen LogP contribution in [0.25, 0.3) is 0 Å². The van der Waals surface area contributed by atoms with Crippen molar-refractivity contribution in [3.8, 4) is 0 Å². The summed E-state index contributed by atoms with van der Waals surface area (Å²) in [5.41, 5.74) is 1.06. The molecule has 1 aromatic carbocycles. The SMILES string of the molecule is CNC(=O)NC(=O)C(C)NC(C)c1cccc(Br)c1. The number of imide groups is 1. The molecule has 0 spiro atoms. The van der Waals surface area contributed by atoms with Crippen LogP contribution in [-0.2, 0) is 4.79 Å². The average molecular weight is 328 g/mol. The van der Waals surface area contributed by atoms with E-state index in [2.05, 4.69) is 31.9 Å². The number of carbonyl (C=O) groups excluding carboxylic acids is 2. The number of carbonyl (C=O) groups is 2. The molecule has 0 radical (unpaired) electrons. The maximum absolute atomic E-state index is 11.7. The van der Waals surface area contributed by atoms with Gasteiger partial charge in [-0.25, -0.2) is 4.79 Å². The molecule has 0 fully saturated rings. The zero-order valence-electron chi connectivity index (χ0n) is 11.2. The molecule has 0 bridgehead atoms. The first-order chi connectivity index (χ1) is 8.93. The van der Waals surface area contributed by atoms with Gasteiger partial charge in [-0.2, -0.15) is 0 Å². The van der Waals surface area contributed by atoms with Crippen LogP contribution in [0.5, 0.6) is 0 Å². The van der Waals surface area contributed by atoms with Gasteiger partial charge in [0.05, 0.1) is 6.04 Å². The molecule has 3 N–H and O–H groups in total. The van der Waals surface area contributed by atoms with Gasteiger partial charge in [-0.05, 0) is 31.5 Å². The van der Waals surface area contributed by atoms with Crippen molar-refractivity contribution in [3.05, 3.63) is 34.3 Å². The third-order valence-corrected chi connectivity index (χ3v) is 3.20. The first-order valence-electron chi connectivity index (χ1n) is 5.98. The average Bonchev–Trinajstić information content (AvgIpc) is 2.38. The topological polar surface area (TPSA) is 70.2 Å². The minimum Gasteiger partial charge on any atom is -0.341 e. The predicted molar refractivity (Wildman–Crippen MR) is 77.8 cm³/mol. The Morgan fingerprint density at radius 1 is 1.26 bits per heavy atom. The van der Waals surface area contributed by atoms with E-state index in [9.17, 15) is 9.59 Å². The van der Waals surface area contributed by atoms with Crippen molar-refractivity contribution in [1.29, 1.82) is 0 Å². The lowest BCUT2D eigenvalue weighted by Gasteiger charge is -2.19. The van der Waals surface area contributed by atoms with Crippen molar-refractivity contribution in [2.24, 2.45) is 0 Å². The molecule has 2 atom stereocenters. The van der Waals surface area contributed by atoms with Crippen LogP contribution in [0, 0.1) is 0 Å². The first kappa shape index (κ1) is 15.7. The first-order valence-corrected chi connectivity index (χ1v) is 6.77. The summed E-state index contributed by atoms with van der Waals surface area (Å²) in [6.45, 7) is 3.68. The molecule has 0 saturated heterocycles. The van der Waals surface area contributed by atoms with Crippen molar-refractivity contribution >= 4 is 27.9 Å². The van der Waals surface area contributed by atoms with E-state index in [-0.39, 0.29) is 11.9 Å². The summed E-state index contributed by atoms with van der Waals surface area (Å²) in [5, 5.41) is 7.71. The molecule has 1 aromatic rings. The van der Waals surface area contributed by atoms with Crippen molar-refractivity contribution in [2.45, 2.75) is 25.9 Å². The Balaban J connectivity index is 2.58. The second kappa shape index (κ2) is 7.25. The van der Waals surface area contributed by atoms with Gasteiger partial charge in [-0.15, -0.1) is 0 Å². The molecule has 0 aliphatic carbocycles. The smallest absolute Gasteiger partial charge is 0.321 e. The van der Waals surface area contributed by atoms with E-state index < -0.39 is 12.1 Å².